The number of imide groups is 1. The molecular formula is C14H15N3O4. The number of nitrogens with zero attached hydrogens (tertiary/aromatic N) is 2. The highest BCUT2D eigenvalue weighted by atomic mass is 16.6. The number of hydrogen-bond donors (Lipinski definition) is 1. The van der Waals surface area contributed by atoms with Crippen molar-refractivity contribution in [1.82, 2.24) is 5.32 Å². The molecule has 1 saturated heterocycles. The average Bonchev–Trinajstić information content (AvgIpc) is 2.94. The Hall–Kier alpha value is -2.44. The zero-order valence-electron chi connectivity index (χ0n) is 11.4. The minimum Gasteiger partial charge on any atom is -0.336 e. The summed E-state index contributed by atoms with van der Waals surface area (Å²) in [6, 6.07) is 5.09. The number of hydrogen-bond acceptors (Lipinski definition) is 4. The lowest BCUT2D eigenvalue weighted by molar-refractivity contribution is -0.384. The molecule has 110 valence electrons. The Morgan fingerprint density at radius 1 is 1.24 bits per heavy atom. The maximum Gasteiger partial charge on any atom is 0.328 e. The van der Waals surface area contributed by atoms with Crippen molar-refractivity contribution in [2.24, 2.45) is 5.41 Å². The van der Waals surface area contributed by atoms with Crippen molar-refractivity contribution in [3.05, 3.63) is 34.4 Å². The van der Waals surface area contributed by atoms with E-state index in [-0.39, 0.29) is 17.3 Å². The summed E-state index contributed by atoms with van der Waals surface area (Å²) in [5.41, 5.74) is -0.435. The van der Waals surface area contributed by atoms with E-state index in [1.807, 2.05) is 0 Å². The van der Waals surface area contributed by atoms with Crippen LogP contribution in [0.4, 0.5) is 16.2 Å². The number of carbonyl (C=O) groups is 2. The van der Waals surface area contributed by atoms with E-state index in [4.69, 9.17) is 0 Å². The maximum atomic E-state index is 12.7. The molecule has 0 unspecified atom stereocenters. The van der Waals surface area contributed by atoms with E-state index in [9.17, 15) is 19.7 Å². The minimum atomic E-state index is -0.543. The van der Waals surface area contributed by atoms with Crippen LogP contribution in [0.3, 0.4) is 0 Å². The van der Waals surface area contributed by atoms with Crippen molar-refractivity contribution in [2.45, 2.75) is 25.7 Å². The van der Waals surface area contributed by atoms with Gasteiger partial charge in [0.1, 0.15) is 0 Å². The summed E-state index contributed by atoms with van der Waals surface area (Å²) in [6.45, 7) is 0.357. The zero-order chi connectivity index (χ0) is 15.0. The fourth-order valence-corrected chi connectivity index (χ4v) is 3.15. The van der Waals surface area contributed by atoms with Crippen molar-refractivity contribution in [1.29, 1.82) is 0 Å². The molecule has 3 amide bonds. The van der Waals surface area contributed by atoms with Crippen LogP contribution in [0.5, 0.6) is 0 Å². The van der Waals surface area contributed by atoms with E-state index in [0.717, 1.165) is 30.6 Å². The Morgan fingerprint density at radius 2 is 1.95 bits per heavy atom. The second-order valence-electron chi connectivity index (χ2n) is 5.56. The zero-order valence-corrected chi connectivity index (χ0v) is 11.4. The van der Waals surface area contributed by atoms with Gasteiger partial charge in [0.15, 0.2) is 0 Å². The molecule has 3 rings (SSSR count). The van der Waals surface area contributed by atoms with Crippen molar-refractivity contribution in [2.75, 3.05) is 11.4 Å². The Balaban J connectivity index is 1.99. The maximum absolute atomic E-state index is 12.7. The predicted octanol–water partition coefficient (Wildman–Crippen LogP) is 2.21. The number of carbonyl (C=O) groups excluding carboxylic acids is 2. The lowest BCUT2D eigenvalue weighted by Gasteiger charge is -2.38. The SMILES string of the molecule is O=C1NCC2(CCCC2)C(=O)N1c1cccc([N+](=O)[O-])c1. The van der Waals surface area contributed by atoms with Gasteiger partial charge in [0, 0.05) is 18.7 Å². The number of rotatable bonds is 2. The Morgan fingerprint density at radius 3 is 2.62 bits per heavy atom. The van der Waals surface area contributed by atoms with Gasteiger partial charge in [0.25, 0.3) is 5.69 Å². The summed E-state index contributed by atoms with van der Waals surface area (Å²) in [6.07, 6.45) is 3.42. The quantitative estimate of drug-likeness (QED) is 0.667. The lowest BCUT2D eigenvalue weighted by Crippen LogP contribution is -2.60. The number of benzene rings is 1. The number of nitro groups is 1. The summed E-state index contributed by atoms with van der Waals surface area (Å²) >= 11 is 0. The summed E-state index contributed by atoms with van der Waals surface area (Å²) in [5, 5.41) is 13.6. The van der Waals surface area contributed by atoms with Crippen molar-refractivity contribution in [3.63, 3.8) is 0 Å². The highest BCUT2D eigenvalue weighted by Gasteiger charge is 2.49. The molecule has 2 aliphatic rings. The number of nitro benzene ring substituents is 1. The summed E-state index contributed by atoms with van der Waals surface area (Å²) in [5.74, 6) is -0.246. The van der Waals surface area contributed by atoms with Gasteiger partial charge in [-0.2, -0.15) is 0 Å². The molecule has 1 aliphatic heterocycles. The molecule has 0 bridgehead atoms. The fraction of sp³-hybridized carbons (Fsp3) is 0.429. The van der Waals surface area contributed by atoms with Crippen molar-refractivity contribution in [3.8, 4) is 0 Å². The van der Waals surface area contributed by atoms with E-state index in [1.54, 1.807) is 6.07 Å². The van der Waals surface area contributed by atoms with Crippen molar-refractivity contribution < 1.29 is 14.5 Å². The highest BCUT2D eigenvalue weighted by Crippen LogP contribution is 2.42. The number of nitrogens with one attached hydrogen (secondary N) is 1. The van der Waals surface area contributed by atoms with Crippen LogP contribution in [0.15, 0.2) is 24.3 Å². The van der Waals surface area contributed by atoms with Crippen LogP contribution in [-0.4, -0.2) is 23.4 Å². The lowest BCUT2D eigenvalue weighted by atomic mass is 9.83. The molecule has 21 heavy (non-hydrogen) atoms. The van der Waals surface area contributed by atoms with Gasteiger partial charge < -0.3 is 5.32 Å². The van der Waals surface area contributed by atoms with Crippen LogP contribution >= 0.6 is 0 Å². The monoisotopic (exact) mass is 289 g/mol. The van der Waals surface area contributed by atoms with Gasteiger partial charge in [-0.1, -0.05) is 18.9 Å². The molecule has 7 nitrogen and oxygen atoms in total. The van der Waals surface area contributed by atoms with E-state index in [0.29, 0.717) is 6.54 Å². The second kappa shape index (κ2) is 4.83. The minimum absolute atomic E-state index is 0.140. The highest BCUT2D eigenvalue weighted by molar-refractivity contribution is 6.18. The van der Waals surface area contributed by atoms with Crippen LogP contribution in [0.1, 0.15) is 25.7 Å². The molecule has 1 aliphatic carbocycles. The first-order valence-corrected chi connectivity index (χ1v) is 6.90. The first kappa shape index (κ1) is 13.5. The number of amides is 3. The van der Waals surface area contributed by atoms with Gasteiger partial charge in [-0.25, -0.2) is 9.69 Å². The molecule has 2 fully saturated rings. The summed E-state index contributed by atoms with van der Waals surface area (Å²) in [4.78, 5) is 36.1. The van der Waals surface area contributed by atoms with Crippen LogP contribution in [0, 0.1) is 15.5 Å². The van der Waals surface area contributed by atoms with Gasteiger partial charge in [-0.15, -0.1) is 0 Å². The van der Waals surface area contributed by atoms with Crippen LogP contribution < -0.4 is 10.2 Å². The third-order valence-corrected chi connectivity index (χ3v) is 4.30. The van der Waals surface area contributed by atoms with E-state index >= 15 is 0 Å². The standard InChI is InChI=1S/C14H15N3O4/c18-12-14(6-1-2-7-14)9-15-13(19)16(12)10-4-3-5-11(8-10)17(20)21/h3-5,8H,1-2,6-7,9H2,(H,15,19). The molecule has 1 heterocycles. The molecule has 7 heteroatoms. The molecule has 1 spiro atoms. The van der Waals surface area contributed by atoms with Crippen molar-refractivity contribution >= 4 is 23.3 Å². The van der Waals surface area contributed by atoms with Gasteiger partial charge in [0.2, 0.25) is 5.91 Å². The van der Waals surface area contributed by atoms with Crippen LogP contribution in [-0.2, 0) is 4.79 Å². The molecule has 0 radical (unpaired) electrons. The molecule has 0 aromatic heterocycles. The molecule has 1 N–H and O–H groups in total. The van der Waals surface area contributed by atoms with Gasteiger partial charge in [-0.3, -0.25) is 14.9 Å². The largest absolute Gasteiger partial charge is 0.336 e. The Bertz CT molecular complexity index is 622. The first-order chi connectivity index (χ1) is 10.0. The van der Waals surface area contributed by atoms with E-state index in [1.165, 1.54) is 18.2 Å². The third kappa shape index (κ3) is 2.14. The molecular weight excluding hydrogens is 274 g/mol. The normalized spacial score (nSPS) is 20.7. The number of anilines is 1. The van der Waals surface area contributed by atoms with Crippen LogP contribution in [0.25, 0.3) is 0 Å². The van der Waals surface area contributed by atoms with Crippen LogP contribution in [0.2, 0.25) is 0 Å². The fourth-order valence-electron chi connectivity index (χ4n) is 3.15. The van der Waals surface area contributed by atoms with Gasteiger partial charge in [-0.05, 0) is 18.9 Å². The molecule has 1 saturated carbocycles. The Labute approximate surface area is 121 Å². The average molecular weight is 289 g/mol. The summed E-state index contributed by atoms with van der Waals surface area (Å²) < 4.78 is 0. The van der Waals surface area contributed by atoms with E-state index in [2.05, 4.69) is 5.32 Å². The van der Waals surface area contributed by atoms with Gasteiger partial charge in [0.05, 0.1) is 16.0 Å². The number of urea groups is 1. The predicted molar refractivity (Wildman–Crippen MR) is 74.9 cm³/mol. The second-order valence-corrected chi connectivity index (χ2v) is 5.56. The van der Waals surface area contributed by atoms with Gasteiger partial charge >= 0.3 is 6.03 Å². The topological polar surface area (TPSA) is 92.6 Å². The van der Waals surface area contributed by atoms with E-state index < -0.39 is 16.4 Å². The Kier molecular flexibility index (Phi) is 3.12. The molecule has 1 aromatic carbocycles. The summed E-state index contributed by atoms with van der Waals surface area (Å²) in [7, 11) is 0. The first-order valence-electron chi connectivity index (χ1n) is 6.90. The smallest absolute Gasteiger partial charge is 0.328 e. The number of non-ortho nitro benzene ring substituents is 1. The third-order valence-electron chi connectivity index (χ3n) is 4.30. The molecule has 0 atom stereocenters. The molecule has 1 aromatic rings.